The highest BCUT2D eigenvalue weighted by Gasteiger charge is 2.45. The normalized spacial score (nSPS) is 22.3. The van der Waals surface area contributed by atoms with Gasteiger partial charge in [-0.15, -0.1) is 0 Å². The van der Waals surface area contributed by atoms with Crippen LogP contribution in [0.15, 0.2) is 79.1 Å². The summed E-state index contributed by atoms with van der Waals surface area (Å²) >= 11 is 0. The monoisotopic (exact) mass is 538 g/mol. The molecule has 0 bridgehead atoms. The molecule has 2 aliphatic heterocycles. The molecule has 3 heterocycles. The number of aromatic nitrogens is 1. The van der Waals surface area contributed by atoms with Crippen molar-refractivity contribution >= 4 is 17.7 Å². The van der Waals surface area contributed by atoms with Crippen molar-refractivity contribution in [1.29, 1.82) is 0 Å². The van der Waals surface area contributed by atoms with E-state index >= 15 is 0 Å². The van der Waals surface area contributed by atoms with Crippen LogP contribution >= 0.6 is 0 Å². The Morgan fingerprint density at radius 2 is 1.40 bits per heavy atom. The molecule has 3 fully saturated rings. The van der Waals surface area contributed by atoms with Crippen molar-refractivity contribution in [3.8, 4) is 5.69 Å². The Morgan fingerprint density at radius 3 is 2.15 bits per heavy atom. The summed E-state index contributed by atoms with van der Waals surface area (Å²) in [4.78, 5) is 44.2. The summed E-state index contributed by atoms with van der Waals surface area (Å²) in [6.07, 6.45) is 10.4. The molecule has 3 aromatic rings. The van der Waals surface area contributed by atoms with Gasteiger partial charge in [0.15, 0.2) is 0 Å². The lowest BCUT2D eigenvalue weighted by atomic mass is 9.77. The number of nitrogens with one attached hydrogen (secondary N) is 1. The molecule has 1 aliphatic carbocycles. The molecular formula is C33H38N4O3. The zero-order valence-electron chi connectivity index (χ0n) is 23.0. The number of carbonyl (C=O) groups excluding carboxylic acids is 3. The predicted molar refractivity (Wildman–Crippen MR) is 154 cm³/mol. The highest BCUT2D eigenvalue weighted by molar-refractivity contribution is 5.98. The number of hydrogen-bond acceptors (Lipinski definition) is 3. The lowest BCUT2D eigenvalue weighted by Crippen LogP contribution is -2.50. The maximum absolute atomic E-state index is 13.8. The number of nitrogens with zero attached hydrogens (tertiary/aromatic N) is 3. The van der Waals surface area contributed by atoms with Gasteiger partial charge in [-0.25, -0.2) is 0 Å². The van der Waals surface area contributed by atoms with E-state index in [-0.39, 0.29) is 35.1 Å². The van der Waals surface area contributed by atoms with Crippen molar-refractivity contribution in [2.45, 2.75) is 51.0 Å². The Kier molecular flexibility index (Phi) is 7.46. The van der Waals surface area contributed by atoms with E-state index in [9.17, 15) is 14.4 Å². The summed E-state index contributed by atoms with van der Waals surface area (Å²) in [5, 5.41) is 3.18. The summed E-state index contributed by atoms with van der Waals surface area (Å²) in [5.74, 6) is 0.000347. The molecule has 40 heavy (non-hydrogen) atoms. The highest BCUT2D eigenvalue weighted by atomic mass is 16.2. The number of hydrogen-bond donors (Lipinski definition) is 1. The van der Waals surface area contributed by atoms with E-state index in [1.165, 1.54) is 0 Å². The van der Waals surface area contributed by atoms with Crippen molar-refractivity contribution in [3.05, 3.63) is 90.3 Å². The SMILES string of the molecule is O=C(NC1CCCCC1C(=O)N1CCC2(CCN(C(=O)c3ccccc3-n3cccc3)CC2)C1)c1ccccc1. The second kappa shape index (κ2) is 11.3. The maximum Gasteiger partial charge on any atom is 0.255 e. The number of carbonyl (C=O) groups is 3. The summed E-state index contributed by atoms with van der Waals surface area (Å²) in [6, 6.07) is 20.8. The molecule has 1 N–H and O–H groups in total. The van der Waals surface area contributed by atoms with E-state index in [2.05, 4.69) is 10.2 Å². The second-order valence-corrected chi connectivity index (χ2v) is 11.7. The first kappa shape index (κ1) is 26.4. The van der Waals surface area contributed by atoms with Gasteiger partial charge < -0.3 is 19.7 Å². The third-order valence-electron chi connectivity index (χ3n) is 9.31. The Balaban J connectivity index is 1.07. The van der Waals surface area contributed by atoms with Crippen molar-refractivity contribution in [3.63, 3.8) is 0 Å². The fourth-order valence-corrected chi connectivity index (χ4v) is 6.94. The molecule has 2 atom stereocenters. The van der Waals surface area contributed by atoms with Crippen LogP contribution in [0.1, 0.15) is 65.7 Å². The van der Waals surface area contributed by atoms with Crippen LogP contribution in [0.25, 0.3) is 5.69 Å². The van der Waals surface area contributed by atoms with Crippen LogP contribution in [-0.2, 0) is 4.79 Å². The van der Waals surface area contributed by atoms with Crippen molar-refractivity contribution < 1.29 is 14.4 Å². The highest BCUT2D eigenvalue weighted by Crippen LogP contribution is 2.42. The fraction of sp³-hybridized carbons (Fsp3) is 0.424. The van der Waals surface area contributed by atoms with Gasteiger partial charge in [0.05, 0.1) is 17.2 Å². The molecule has 2 unspecified atom stereocenters. The van der Waals surface area contributed by atoms with E-state index in [1.807, 2.05) is 88.6 Å². The van der Waals surface area contributed by atoms with E-state index in [0.717, 1.165) is 69.3 Å². The standard InChI is InChI=1S/C33H38N4O3/c38-30(25-10-2-1-3-11-25)34-28-14-6-4-12-26(28)31(39)37-23-18-33(24-37)16-21-36(22-17-33)32(40)27-13-5-7-15-29(27)35-19-8-9-20-35/h1-3,5,7-11,13,15,19-20,26,28H,4,6,12,14,16-18,21-24H2,(H,34,38). The summed E-state index contributed by atoms with van der Waals surface area (Å²) in [5.41, 5.74) is 2.33. The number of para-hydroxylation sites is 1. The topological polar surface area (TPSA) is 74.7 Å². The van der Waals surface area contributed by atoms with Crippen molar-refractivity contribution in [2.24, 2.45) is 11.3 Å². The number of likely N-dealkylation sites (tertiary alicyclic amines) is 2. The van der Waals surface area contributed by atoms with Crippen LogP contribution in [0.3, 0.4) is 0 Å². The number of amides is 3. The van der Waals surface area contributed by atoms with Crippen LogP contribution in [0.2, 0.25) is 0 Å². The van der Waals surface area contributed by atoms with E-state index < -0.39 is 0 Å². The number of rotatable bonds is 5. The smallest absolute Gasteiger partial charge is 0.255 e. The van der Waals surface area contributed by atoms with Gasteiger partial charge in [0.2, 0.25) is 5.91 Å². The molecule has 3 aliphatic rings. The van der Waals surface area contributed by atoms with Gasteiger partial charge in [-0.05, 0) is 73.9 Å². The van der Waals surface area contributed by atoms with Crippen LogP contribution in [0.5, 0.6) is 0 Å². The van der Waals surface area contributed by atoms with Gasteiger partial charge in [-0.2, -0.15) is 0 Å². The minimum atomic E-state index is -0.164. The molecule has 7 nitrogen and oxygen atoms in total. The Labute approximate surface area is 236 Å². The van der Waals surface area contributed by atoms with E-state index in [0.29, 0.717) is 18.7 Å². The Bertz CT molecular complexity index is 1350. The molecular weight excluding hydrogens is 500 g/mol. The fourth-order valence-electron chi connectivity index (χ4n) is 6.94. The van der Waals surface area contributed by atoms with Gasteiger partial charge in [0.1, 0.15) is 0 Å². The van der Waals surface area contributed by atoms with Gasteiger partial charge in [0, 0.05) is 50.2 Å². The maximum atomic E-state index is 13.8. The first-order valence-electron chi connectivity index (χ1n) is 14.7. The number of piperidine rings is 1. The second-order valence-electron chi connectivity index (χ2n) is 11.7. The number of benzene rings is 2. The van der Waals surface area contributed by atoms with Crippen molar-refractivity contribution in [2.75, 3.05) is 26.2 Å². The first-order chi connectivity index (χ1) is 19.5. The largest absolute Gasteiger partial charge is 0.349 e. The Morgan fingerprint density at radius 1 is 0.750 bits per heavy atom. The minimum Gasteiger partial charge on any atom is -0.349 e. The van der Waals surface area contributed by atoms with Crippen LogP contribution in [-0.4, -0.2) is 64.3 Å². The van der Waals surface area contributed by atoms with Crippen molar-refractivity contribution in [1.82, 2.24) is 19.7 Å². The molecule has 2 saturated heterocycles. The van der Waals surface area contributed by atoms with Gasteiger partial charge in [0.25, 0.3) is 11.8 Å². The molecule has 3 amide bonds. The van der Waals surface area contributed by atoms with Crippen LogP contribution in [0, 0.1) is 11.3 Å². The molecule has 0 radical (unpaired) electrons. The van der Waals surface area contributed by atoms with Gasteiger partial charge >= 0.3 is 0 Å². The van der Waals surface area contributed by atoms with Gasteiger partial charge in [-0.1, -0.05) is 43.2 Å². The zero-order chi connectivity index (χ0) is 27.5. The molecule has 2 aromatic carbocycles. The quantitative estimate of drug-likeness (QED) is 0.501. The predicted octanol–water partition coefficient (Wildman–Crippen LogP) is 4.92. The molecule has 7 heteroatoms. The molecule has 1 saturated carbocycles. The third kappa shape index (κ3) is 5.29. The van der Waals surface area contributed by atoms with E-state index in [4.69, 9.17) is 0 Å². The average molecular weight is 539 g/mol. The van der Waals surface area contributed by atoms with Gasteiger partial charge in [-0.3, -0.25) is 14.4 Å². The summed E-state index contributed by atoms with van der Waals surface area (Å²) < 4.78 is 1.99. The Hall–Kier alpha value is -3.87. The van der Waals surface area contributed by atoms with E-state index in [1.54, 1.807) is 0 Å². The summed E-state index contributed by atoms with van der Waals surface area (Å²) in [6.45, 7) is 2.93. The lowest BCUT2D eigenvalue weighted by Gasteiger charge is -2.40. The minimum absolute atomic E-state index is 0.0732. The summed E-state index contributed by atoms with van der Waals surface area (Å²) in [7, 11) is 0. The van der Waals surface area contributed by atoms with Crippen LogP contribution in [0.4, 0.5) is 0 Å². The molecule has 208 valence electrons. The zero-order valence-corrected chi connectivity index (χ0v) is 23.0. The molecule has 6 rings (SSSR count). The molecule has 1 spiro atoms. The first-order valence-corrected chi connectivity index (χ1v) is 14.7. The molecule has 1 aromatic heterocycles. The third-order valence-corrected chi connectivity index (χ3v) is 9.31. The lowest BCUT2D eigenvalue weighted by molar-refractivity contribution is -0.136. The average Bonchev–Trinajstić information content (AvgIpc) is 3.69. The van der Waals surface area contributed by atoms with Crippen LogP contribution < -0.4 is 5.32 Å².